The Morgan fingerprint density at radius 1 is 1.22 bits per heavy atom. The molecule has 0 aliphatic rings. The summed E-state index contributed by atoms with van der Waals surface area (Å²) in [4.78, 5) is 20.0. The number of halogens is 1. The molecule has 1 aromatic heterocycles. The summed E-state index contributed by atoms with van der Waals surface area (Å²) in [5.41, 5.74) is 11.7. The molecule has 1 heterocycles. The number of nitrogens with one attached hydrogen (secondary N) is 3. The Kier molecular flexibility index (Phi) is 5.67. The SMILES string of the molecule is CCCCNc1ncnc(NNC(=O)c2ccc(F)cc2)c1N. The van der Waals surface area contributed by atoms with Crippen molar-refractivity contribution < 1.29 is 9.18 Å². The van der Waals surface area contributed by atoms with Crippen LogP contribution in [0.1, 0.15) is 30.1 Å². The van der Waals surface area contributed by atoms with Crippen LogP contribution in [0.4, 0.5) is 21.7 Å². The van der Waals surface area contributed by atoms with Crippen LogP contribution in [0.25, 0.3) is 0 Å². The number of amides is 1. The Labute approximate surface area is 133 Å². The van der Waals surface area contributed by atoms with Gasteiger partial charge in [-0.2, -0.15) is 0 Å². The minimum atomic E-state index is -0.427. The first-order valence-corrected chi connectivity index (χ1v) is 7.28. The maximum atomic E-state index is 12.8. The lowest BCUT2D eigenvalue weighted by atomic mass is 10.2. The number of unbranched alkanes of at least 4 members (excludes halogenated alkanes) is 1. The van der Waals surface area contributed by atoms with Gasteiger partial charge in [0.05, 0.1) is 0 Å². The second-order valence-electron chi connectivity index (χ2n) is 4.85. The highest BCUT2D eigenvalue weighted by Crippen LogP contribution is 2.21. The molecule has 0 aliphatic carbocycles. The van der Waals surface area contributed by atoms with Gasteiger partial charge in [-0.15, -0.1) is 0 Å². The molecule has 0 saturated carbocycles. The third-order valence-corrected chi connectivity index (χ3v) is 3.11. The van der Waals surface area contributed by atoms with Gasteiger partial charge in [-0.3, -0.25) is 15.6 Å². The van der Waals surface area contributed by atoms with E-state index in [1.165, 1.54) is 30.6 Å². The molecule has 122 valence electrons. The number of nitrogens with zero attached hydrogens (tertiary/aromatic N) is 2. The highest BCUT2D eigenvalue weighted by molar-refractivity contribution is 5.95. The molecule has 1 aromatic carbocycles. The van der Waals surface area contributed by atoms with Crippen LogP contribution in [0.2, 0.25) is 0 Å². The summed E-state index contributed by atoms with van der Waals surface area (Å²) in [6, 6.07) is 5.19. The van der Waals surface area contributed by atoms with Crippen molar-refractivity contribution >= 4 is 23.2 Å². The zero-order valence-corrected chi connectivity index (χ0v) is 12.8. The number of nitrogens with two attached hydrogens (primary N) is 1. The van der Waals surface area contributed by atoms with E-state index in [1.807, 2.05) is 0 Å². The second kappa shape index (κ2) is 7.92. The number of aromatic nitrogens is 2. The van der Waals surface area contributed by atoms with Gasteiger partial charge in [0.25, 0.3) is 5.91 Å². The number of anilines is 3. The molecular formula is C15H19FN6O. The summed E-state index contributed by atoms with van der Waals surface area (Å²) in [6.45, 7) is 2.84. The lowest BCUT2D eigenvalue weighted by Gasteiger charge is -2.13. The summed E-state index contributed by atoms with van der Waals surface area (Å²) in [6.07, 6.45) is 3.39. The third kappa shape index (κ3) is 4.53. The summed E-state index contributed by atoms with van der Waals surface area (Å²) in [5, 5.41) is 3.11. The van der Waals surface area contributed by atoms with Crippen molar-refractivity contribution in [2.24, 2.45) is 0 Å². The van der Waals surface area contributed by atoms with Gasteiger partial charge in [-0.05, 0) is 30.7 Å². The zero-order chi connectivity index (χ0) is 16.7. The molecule has 0 fully saturated rings. The van der Waals surface area contributed by atoms with Crippen LogP contribution in [-0.4, -0.2) is 22.4 Å². The van der Waals surface area contributed by atoms with Gasteiger partial charge in [0, 0.05) is 12.1 Å². The molecule has 0 saturated heterocycles. The van der Waals surface area contributed by atoms with Crippen molar-refractivity contribution in [3.8, 4) is 0 Å². The Hall–Kier alpha value is -2.90. The first-order valence-electron chi connectivity index (χ1n) is 7.28. The van der Waals surface area contributed by atoms with E-state index in [9.17, 15) is 9.18 Å². The maximum absolute atomic E-state index is 12.8. The summed E-state index contributed by atoms with van der Waals surface area (Å²) in [5.74, 6) is -0.0395. The van der Waals surface area contributed by atoms with Crippen molar-refractivity contribution in [1.82, 2.24) is 15.4 Å². The Morgan fingerprint density at radius 3 is 2.61 bits per heavy atom. The van der Waals surface area contributed by atoms with E-state index in [4.69, 9.17) is 5.73 Å². The van der Waals surface area contributed by atoms with Crippen LogP contribution in [0, 0.1) is 5.82 Å². The number of benzene rings is 1. The second-order valence-corrected chi connectivity index (χ2v) is 4.85. The molecule has 2 rings (SSSR count). The van der Waals surface area contributed by atoms with E-state index in [1.54, 1.807) is 0 Å². The van der Waals surface area contributed by atoms with Gasteiger partial charge in [-0.25, -0.2) is 14.4 Å². The van der Waals surface area contributed by atoms with Gasteiger partial charge in [0.2, 0.25) is 0 Å². The molecular weight excluding hydrogens is 299 g/mol. The minimum absolute atomic E-state index is 0.287. The van der Waals surface area contributed by atoms with Crippen LogP contribution in [0.3, 0.4) is 0 Å². The fourth-order valence-electron chi connectivity index (χ4n) is 1.81. The summed E-state index contributed by atoms with van der Waals surface area (Å²) >= 11 is 0. The average Bonchev–Trinajstić information content (AvgIpc) is 2.56. The van der Waals surface area contributed by atoms with Crippen LogP contribution in [0.15, 0.2) is 30.6 Å². The molecule has 0 unspecified atom stereocenters. The molecule has 0 spiro atoms. The van der Waals surface area contributed by atoms with Crippen molar-refractivity contribution in [3.05, 3.63) is 42.0 Å². The van der Waals surface area contributed by atoms with E-state index in [0.717, 1.165) is 19.4 Å². The van der Waals surface area contributed by atoms with Crippen molar-refractivity contribution in [2.45, 2.75) is 19.8 Å². The number of nitrogen functional groups attached to an aromatic ring is 1. The number of hydrazine groups is 1. The predicted molar refractivity (Wildman–Crippen MR) is 87.3 cm³/mol. The van der Waals surface area contributed by atoms with E-state index in [-0.39, 0.29) is 5.82 Å². The Bertz CT molecular complexity index is 662. The monoisotopic (exact) mass is 318 g/mol. The normalized spacial score (nSPS) is 10.2. The molecule has 1 amide bonds. The first kappa shape index (κ1) is 16.5. The van der Waals surface area contributed by atoms with Crippen molar-refractivity contribution in [2.75, 3.05) is 23.0 Å². The summed E-state index contributed by atoms with van der Waals surface area (Å²) in [7, 11) is 0. The first-order chi connectivity index (χ1) is 11.1. The van der Waals surface area contributed by atoms with Crippen LogP contribution >= 0.6 is 0 Å². The fraction of sp³-hybridized carbons (Fsp3) is 0.267. The largest absolute Gasteiger partial charge is 0.393 e. The van der Waals surface area contributed by atoms with Gasteiger partial charge in [0.1, 0.15) is 17.8 Å². The maximum Gasteiger partial charge on any atom is 0.269 e. The van der Waals surface area contributed by atoms with E-state index in [0.29, 0.717) is 17.1 Å². The molecule has 0 aliphatic heterocycles. The number of rotatable bonds is 7. The third-order valence-electron chi connectivity index (χ3n) is 3.11. The molecule has 7 nitrogen and oxygen atoms in total. The van der Waals surface area contributed by atoms with Crippen molar-refractivity contribution in [3.63, 3.8) is 0 Å². The molecule has 8 heteroatoms. The molecule has 0 radical (unpaired) electrons. The molecule has 23 heavy (non-hydrogen) atoms. The number of carbonyl (C=O) groups is 1. The molecule has 0 bridgehead atoms. The lowest BCUT2D eigenvalue weighted by Crippen LogP contribution is -2.30. The lowest BCUT2D eigenvalue weighted by molar-refractivity contribution is 0.0962. The number of hydrogen-bond donors (Lipinski definition) is 4. The van der Waals surface area contributed by atoms with Gasteiger partial charge >= 0.3 is 0 Å². The quantitative estimate of drug-likeness (QED) is 0.460. The van der Waals surface area contributed by atoms with Crippen LogP contribution in [0.5, 0.6) is 0 Å². The van der Waals surface area contributed by atoms with Gasteiger partial charge in [0.15, 0.2) is 11.6 Å². The topological polar surface area (TPSA) is 105 Å². The molecule has 2 aromatic rings. The number of carbonyl (C=O) groups excluding carboxylic acids is 1. The predicted octanol–water partition coefficient (Wildman–Crippen LogP) is 2.17. The molecule has 5 N–H and O–H groups in total. The van der Waals surface area contributed by atoms with E-state index < -0.39 is 11.7 Å². The minimum Gasteiger partial charge on any atom is -0.393 e. The van der Waals surface area contributed by atoms with E-state index in [2.05, 4.69) is 33.1 Å². The highest BCUT2D eigenvalue weighted by Gasteiger charge is 2.10. The van der Waals surface area contributed by atoms with E-state index >= 15 is 0 Å². The van der Waals surface area contributed by atoms with Crippen molar-refractivity contribution in [1.29, 1.82) is 0 Å². The standard InChI is InChI=1S/C15H19FN6O/c1-2-3-8-18-13-12(17)14(20-9-19-13)21-22-15(23)10-4-6-11(16)7-5-10/h4-7,9H,2-3,8,17H2,1H3,(H,22,23)(H2,18,19,20,21). The Balaban J connectivity index is 1.98. The smallest absolute Gasteiger partial charge is 0.269 e. The highest BCUT2D eigenvalue weighted by atomic mass is 19.1. The molecule has 0 atom stereocenters. The number of hydrogen-bond acceptors (Lipinski definition) is 6. The van der Waals surface area contributed by atoms with Crippen LogP contribution in [-0.2, 0) is 0 Å². The zero-order valence-electron chi connectivity index (χ0n) is 12.8. The fourth-order valence-corrected chi connectivity index (χ4v) is 1.81. The van der Waals surface area contributed by atoms with Gasteiger partial charge < -0.3 is 11.1 Å². The Morgan fingerprint density at radius 2 is 1.91 bits per heavy atom. The van der Waals surface area contributed by atoms with Crippen LogP contribution < -0.4 is 21.9 Å². The summed E-state index contributed by atoms with van der Waals surface area (Å²) < 4.78 is 12.8. The average molecular weight is 318 g/mol. The van der Waals surface area contributed by atoms with Gasteiger partial charge in [-0.1, -0.05) is 13.3 Å².